The third kappa shape index (κ3) is 3.88. The van der Waals surface area contributed by atoms with E-state index in [4.69, 9.17) is 14.1 Å². The van der Waals surface area contributed by atoms with E-state index in [1.54, 1.807) is 11.0 Å². The molecule has 1 aliphatic carbocycles. The first-order valence-corrected chi connectivity index (χ1v) is 10.8. The normalized spacial score (nSPS) is 28.7. The highest BCUT2D eigenvalue weighted by molar-refractivity contribution is 6.48. The van der Waals surface area contributed by atoms with Gasteiger partial charge in [0.25, 0.3) is 0 Å². The smallest absolute Gasteiger partial charge is 0.526 e. The lowest BCUT2D eigenvalue weighted by atomic mass is 9.77. The summed E-state index contributed by atoms with van der Waals surface area (Å²) in [6.07, 6.45) is 0.794. The Hall–Kier alpha value is -2.30. The second-order valence-electron chi connectivity index (χ2n) is 9.75. The monoisotopic (exact) mass is 431 g/mol. The molecule has 2 N–H and O–H groups in total. The van der Waals surface area contributed by atoms with Crippen molar-refractivity contribution in [3.63, 3.8) is 0 Å². The molecule has 3 fully saturated rings. The Morgan fingerprint density at radius 3 is 2.81 bits per heavy atom. The van der Waals surface area contributed by atoms with Crippen molar-refractivity contribution in [2.75, 3.05) is 46.9 Å². The number of quaternary nitrogens is 1. The van der Waals surface area contributed by atoms with Gasteiger partial charge in [-0.3, -0.25) is 4.79 Å². The molecule has 0 bridgehead atoms. The number of carbonyl (C=O) groups is 2. The summed E-state index contributed by atoms with van der Waals surface area (Å²) in [7, 11) is 3.30. The second-order valence-corrected chi connectivity index (χ2v) is 9.75. The van der Waals surface area contributed by atoms with Crippen LogP contribution in [-0.4, -0.2) is 97.6 Å². The van der Waals surface area contributed by atoms with Gasteiger partial charge >= 0.3 is 13.1 Å². The molecule has 0 aromatic heterocycles. The molecule has 1 aromatic rings. The van der Waals surface area contributed by atoms with Gasteiger partial charge in [-0.2, -0.15) is 0 Å². The molecule has 2 saturated heterocycles. The van der Waals surface area contributed by atoms with Crippen LogP contribution in [0.2, 0.25) is 5.82 Å². The molecule has 1 aromatic carbocycles. The summed E-state index contributed by atoms with van der Waals surface area (Å²) in [5.41, 5.74) is 0.765. The maximum atomic E-state index is 12.6. The standard InChI is InChI=1S/C21H27BN2O7/c1-24(2)5-6-29-12(11-24)7-18(25)23-9-13(10-23)30-17-4-3-14-15-8-16(15)22(28)31-20(14)19(17)21(26)27/h3-4,12-13,15-16,28H,5-11H2,1-2H3/p+1/t12-,15?,16+/m0/s1. The van der Waals surface area contributed by atoms with Crippen LogP contribution in [0.4, 0.5) is 0 Å². The number of carbonyl (C=O) groups excluding carboxylic acids is 1. The minimum Gasteiger partial charge on any atom is -0.535 e. The summed E-state index contributed by atoms with van der Waals surface area (Å²) in [5.74, 6) is -0.511. The van der Waals surface area contributed by atoms with E-state index >= 15 is 0 Å². The van der Waals surface area contributed by atoms with Gasteiger partial charge in [0.1, 0.15) is 42.4 Å². The fourth-order valence-electron chi connectivity index (χ4n) is 4.90. The number of fused-ring (bicyclic) bond motifs is 3. The largest absolute Gasteiger partial charge is 0.535 e. The molecule has 1 unspecified atom stereocenters. The molecule has 4 aliphatic rings. The molecule has 166 valence electrons. The third-order valence-corrected chi connectivity index (χ3v) is 6.85. The van der Waals surface area contributed by atoms with Crippen LogP contribution in [0.5, 0.6) is 11.5 Å². The number of benzene rings is 1. The van der Waals surface area contributed by atoms with Crippen molar-refractivity contribution in [2.45, 2.75) is 36.8 Å². The summed E-state index contributed by atoms with van der Waals surface area (Å²) in [6, 6.07) is 3.49. The van der Waals surface area contributed by atoms with Gasteiger partial charge < -0.3 is 33.6 Å². The van der Waals surface area contributed by atoms with Gasteiger partial charge in [0.05, 0.1) is 40.2 Å². The molecule has 1 amide bonds. The predicted molar refractivity (Wildman–Crippen MR) is 110 cm³/mol. The lowest BCUT2D eigenvalue weighted by Crippen LogP contribution is -2.58. The highest BCUT2D eigenvalue weighted by atomic mass is 16.5. The van der Waals surface area contributed by atoms with E-state index in [1.165, 1.54) is 0 Å². The number of nitrogens with zero attached hydrogens (tertiary/aromatic N) is 2. The number of aromatic carboxylic acids is 1. The Morgan fingerprint density at radius 1 is 1.32 bits per heavy atom. The van der Waals surface area contributed by atoms with Gasteiger partial charge in [-0.25, -0.2) is 4.79 Å². The first-order chi connectivity index (χ1) is 14.7. The zero-order chi connectivity index (χ0) is 21.9. The SMILES string of the molecule is C[N+]1(C)CCO[C@@H](CC(=O)N2CC(Oc3ccc4c(c3C(=O)O)OB(O)[C@@H]3CC43)C2)C1. The fraction of sp³-hybridized carbons (Fsp3) is 0.619. The van der Waals surface area contributed by atoms with Crippen molar-refractivity contribution in [3.8, 4) is 11.5 Å². The van der Waals surface area contributed by atoms with Crippen molar-refractivity contribution in [3.05, 3.63) is 23.3 Å². The van der Waals surface area contributed by atoms with E-state index < -0.39 is 13.1 Å². The Kier molecular flexibility index (Phi) is 4.91. The molecule has 3 atom stereocenters. The molecule has 3 heterocycles. The molecule has 0 spiro atoms. The molecule has 9 nitrogen and oxygen atoms in total. The van der Waals surface area contributed by atoms with Crippen LogP contribution < -0.4 is 9.39 Å². The number of likely N-dealkylation sites (N-methyl/N-ethyl adjacent to an activating group) is 1. The summed E-state index contributed by atoms with van der Waals surface area (Å²) >= 11 is 0. The van der Waals surface area contributed by atoms with E-state index in [-0.39, 0.29) is 46.9 Å². The number of hydrogen-bond donors (Lipinski definition) is 2. The number of carboxylic acids is 1. The van der Waals surface area contributed by atoms with Crippen LogP contribution in [0, 0.1) is 0 Å². The Balaban J connectivity index is 1.21. The lowest BCUT2D eigenvalue weighted by Gasteiger charge is -2.41. The van der Waals surface area contributed by atoms with Crippen LogP contribution in [0.15, 0.2) is 12.1 Å². The maximum absolute atomic E-state index is 12.6. The van der Waals surface area contributed by atoms with Gasteiger partial charge in [0.2, 0.25) is 5.91 Å². The number of carboxylic acid groups (broad SMARTS) is 1. The Labute approximate surface area is 181 Å². The average Bonchev–Trinajstić information content (AvgIpc) is 3.44. The molecule has 0 radical (unpaired) electrons. The number of likely N-dealkylation sites (tertiary alicyclic amines) is 1. The van der Waals surface area contributed by atoms with E-state index in [0.29, 0.717) is 26.1 Å². The third-order valence-electron chi connectivity index (χ3n) is 6.85. The van der Waals surface area contributed by atoms with Gasteiger partial charge in [-0.1, -0.05) is 6.07 Å². The minimum atomic E-state index is -1.15. The lowest BCUT2D eigenvalue weighted by molar-refractivity contribution is -0.901. The first kappa shape index (κ1) is 20.6. The van der Waals surface area contributed by atoms with Gasteiger partial charge in [-0.15, -0.1) is 0 Å². The molecule has 1 saturated carbocycles. The number of hydrogen-bond acceptors (Lipinski definition) is 6. The van der Waals surface area contributed by atoms with E-state index in [2.05, 4.69) is 14.1 Å². The van der Waals surface area contributed by atoms with Gasteiger partial charge in [-0.05, 0) is 24.0 Å². The topological polar surface area (TPSA) is 106 Å². The van der Waals surface area contributed by atoms with Crippen molar-refractivity contribution in [1.82, 2.24) is 4.90 Å². The zero-order valence-corrected chi connectivity index (χ0v) is 17.8. The fourth-order valence-corrected chi connectivity index (χ4v) is 4.90. The van der Waals surface area contributed by atoms with E-state index in [0.717, 1.165) is 29.6 Å². The molecule has 3 aliphatic heterocycles. The number of rotatable bonds is 5. The second kappa shape index (κ2) is 7.39. The zero-order valence-electron chi connectivity index (χ0n) is 17.8. The maximum Gasteiger partial charge on any atom is 0.526 e. The van der Waals surface area contributed by atoms with Gasteiger partial charge in [0, 0.05) is 5.82 Å². The van der Waals surface area contributed by atoms with Crippen molar-refractivity contribution >= 4 is 19.0 Å². The predicted octanol–water partition coefficient (Wildman–Crippen LogP) is 0.570. The van der Waals surface area contributed by atoms with Crippen molar-refractivity contribution < 1.29 is 38.3 Å². The molecule has 5 rings (SSSR count). The van der Waals surface area contributed by atoms with Crippen LogP contribution in [-0.2, 0) is 9.53 Å². The van der Waals surface area contributed by atoms with Crippen LogP contribution >= 0.6 is 0 Å². The van der Waals surface area contributed by atoms with Gasteiger partial charge in [0.15, 0.2) is 0 Å². The Bertz CT molecular complexity index is 917. The highest BCUT2D eigenvalue weighted by Gasteiger charge is 2.54. The first-order valence-electron chi connectivity index (χ1n) is 10.8. The number of morpholine rings is 1. The summed E-state index contributed by atoms with van der Waals surface area (Å²) in [4.78, 5) is 26.2. The average molecular weight is 431 g/mol. The summed E-state index contributed by atoms with van der Waals surface area (Å²) < 4.78 is 18.0. The summed E-state index contributed by atoms with van der Waals surface area (Å²) in [6.45, 7) is 3.23. The van der Waals surface area contributed by atoms with Crippen LogP contribution in [0.25, 0.3) is 0 Å². The number of ether oxygens (including phenoxy) is 2. The van der Waals surface area contributed by atoms with E-state index in [9.17, 15) is 19.7 Å². The molecule has 10 heteroatoms. The van der Waals surface area contributed by atoms with Crippen molar-refractivity contribution in [1.29, 1.82) is 0 Å². The van der Waals surface area contributed by atoms with Crippen LogP contribution in [0.1, 0.15) is 34.7 Å². The molecule has 31 heavy (non-hydrogen) atoms. The number of amides is 1. The minimum absolute atomic E-state index is 0.0295. The molecular weight excluding hydrogens is 403 g/mol. The molecular formula is C21H28BN2O7+. The highest BCUT2D eigenvalue weighted by Crippen LogP contribution is 2.60. The van der Waals surface area contributed by atoms with Crippen LogP contribution in [0.3, 0.4) is 0 Å². The Morgan fingerprint density at radius 2 is 2.10 bits per heavy atom. The van der Waals surface area contributed by atoms with E-state index in [1.807, 2.05) is 6.07 Å². The van der Waals surface area contributed by atoms with Crippen molar-refractivity contribution in [2.24, 2.45) is 0 Å². The quantitative estimate of drug-likeness (QED) is 0.519. The summed E-state index contributed by atoms with van der Waals surface area (Å²) in [5, 5.41) is 19.8.